The first-order valence-corrected chi connectivity index (χ1v) is 4.21. The molecule has 0 aromatic rings. The molecule has 0 saturated heterocycles. The molecule has 84 valence electrons. The van der Waals surface area contributed by atoms with E-state index in [9.17, 15) is 0 Å². The zero-order valence-corrected chi connectivity index (χ0v) is 11.1. The van der Waals surface area contributed by atoms with Crippen LogP contribution in [0.5, 0.6) is 0 Å². The Morgan fingerprint density at radius 2 is 1.15 bits per heavy atom. The van der Waals surface area contributed by atoms with Crippen LogP contribution < -0.4 is 0 Å². The molecule has 0 radical (unpaired) electrons. The minimum absolute atomic E-state index is 0. The third kappa shape index (κ3) is 32.3. The van der Waals surface area contributed by atoms with Gasteiger partial charge in [0.25, 0.3) is 0 Å². The van der Waals surface area contributed by atoms with Crippen LogP contribution in [0, 0.1) is 6.92 Å². The van der Waals surface area contributed by atoms with Crippen molar-refractivity contribution in [1.29, 1.82) is 0 Å². The maximum absolute atomic E-state index is 3.80. The number of hydrogen-bond acceptors (Lipinski definition) is 0. The Kier molecular flexibility index (Phi) is 65.8. The fourth-order valence-electron chi connectivity index (χ4n) is 0.957. The van der Waals surface area contributed by atoms with Crippen molar-refractivity contribution in [2.24, 2.45) is 0 Å². The molecule has 0 heterocycles. The van der Waals surface area contributed by atoms with Crippen molar-refractivity contribution in [1.82, 2.24) is 0 Å². The van der Waals surface area contributed by atoms with Gasteiger partial charge in [0.15, 0.2) is 0 Å². The molecule has 3 nitrogen and oxygen atoms in total. The first-order valence-electron chi connectivity index (χ1n) is 4.21. The minimum atomic E-state index is 0. The van der Waals surface area contributed by atoms with Crippen molar-refractivity contribution in [2.45, 2.75) is 51.9 Å². The molecule has 0 aromatic carbocycles. The molecule has 6 N–H and O–H groups in total. The average molecular weight is 273 g/mol. The SMILES string of the molecule is O.O.O.[CH2-]CCCCCCCC.[Zr]. The van der Waals surface area contributed by atoms with Crippen molar-refractivity contribution in [3.63, 3.8) is 0 Å². The summed E-state index contributed by atoms with van der Waals surface area (Å²) in [5, 5.41) is 0. The molecule has 4 heteroatoms. The molecule has 0 amide bonds. The van der Waals surface area contributed by atoms with E-state index in [-0.39, 0.29) is 42.6 Å². The maximum Gasteiger partial charge on any atom is 0 e. The van der Waals surface area contributed by atoms with Gasteiger partial charge in [-0.25, -0.2) is 0 Å². The molecule has 13 heavy (non-hydrogen) atoms. The van der Waals surface area contributed by atoms with Gasteiger partial charge in [0, 0.05) is 26.2 Å². The summed E-state index contributed by atoms with van der Waals surface area (Å²) in [6.45, 7) is 6.05. The van der Waals surface area contributed by atoms with E-state index in [1.165, 1.54) is 38.5 Å². The van der Waals surface area contributed by atoms with Gasteiger partial charge in [-0.3, -0.25) is 0 Å². The third-order valence-corrected chi connectivity index (χ3v) is 1.60. The minimum Gasteiger partial charge on any atom is -0.412 e. The molecule has 0 atom stereocenters. The van der Waals surface area contributed by atoms with E-state index in [0.29, 0.717) is 0 Å². The largest absolute Gasteiger partial charge is 0.412 e. The van der Waals surface area contributed by atoms with Crippen molar-refractivity contribution in [3.8, 4) is 0 Å². The monoisotopic (exact) mass is 271 g/mol. The van der Waals surface area contributed by atoms with Gasteiger partial charge in [-0.1, -0.05) is 45.4 Å². The summed E-state index contributed by atoms with van der Waals surface area (Å²) in [6.07, 6.45) is 9.45. The van der Waals surface area contributed by atoms with Crippen LogP contribution in [0.2, 0.25) is 0 Å². The van der Waals surface area contributed by atoms with Crippen LogP contribution >= 0.6 is 0 Å². The molecule has 0 spiro atoms. The smallest absolute Gasteiger partial charge is 0 e. The van der Waals surface area contributed by atoms with Crippen LogP contribution in [0.1, 0.15) is 51.9 Å². The van der Waals surface area contributed by atoms with Gasteiger partial charge < -0.3 is 23.4 Å². The fraction of sp³-hybridized carbons (Fsp3) is 0.889. The van der Waals surface area contributed by atoms with Crippen LogP contribution in [0.4, 0.5) is 0 Å². The first kappa shape index (κ1) is 29.2. The first-order chi connectivity index (χ1) is 4.41. The Bertz CT molecular complexity index is 48.1. The fourth-order valence-corrected chi connectivity index (χ4v) is 0.957. The summed E-state index contributed by atoms with van der Waals surface area (Å²) >= 11 is 0. The normalized spacial score (nSPS) is 6.92. The van der Waals surface area contributed by atoms with E-state index in [1.807, 2.05) is 0 Å². The Labute approximate surface area is 101 Å². The molecule has 0 unspecified atom stereocenters. The number of unbranched alkanes of at least 4 members (excludes halogenated alkanes) is 6. The van der Waals surface area contributed by atoms with E-state index in [2.05, 4.69) is 13.8 Å². The molecule has 0 aliphatic rings. The van der Waals surface area contributed by atoms with Crippen LogP contribution in [0.15, 0.2) is 0 Å². The zero-order chi connectivity index (χ0) is 6.95. The Morgan fingerprint density at radius 1 is 0.769 bits per heavy atom. The van der Waals surface area contributed by atoms with Crippen LogP contribution in [0.3, 0.4) is 0 Å². The van der Waals surface area contributed by atoms with Crippen molar-refractivity contribution >= 4 is 0 Å². The molecule has 0 bridgehead atoms. The van der Waals surface area contributed by atoms with E-state index >= 15 is 0 Å². The molecule has 0 aliphatic heterocycles. The zero-order valence-electron chi connectivity index (χ0n) is 8.66. The van der Waals surface area contributed by atoms with Crippen LogP contribution in [-0.2, 0) is 26.2 Å². The molecular weight excluding hydrogens is 247 g/mol. The van der Waals surface area contributed by atoms with Gasteiger partial charge in [-0.2, -0.15) is 6.42 Å². The Morgan fingerprint density at radius 3 is 1.54 bits per heavy atom. The van der Waals surface area contributed by atoms with Gasteiger partial charge in [-0.15, -0.1) is 0 Å². The quantitative estimate of drug-likeness (QED) is 0.511. The van der Waals surface area contributed by atoms with Crippen LogP contribution in [0.25, 0.3) is 0 Å². The summed E-state index contributed by atoms with van der Waals surface area (Å²) in [5.74, 6) is 0. The van der Waals surface area contributed by atoms with Crippen molar-refractivity contribution in [3.05, 3.63) is 6.92 Å². The number of hydrogen-bond donors (Lipinski definition) is 0. The Hall–Kier alpha value is 0.763. The number of rotatable bonds is 6. The van der Waals surface area contributed by atoms with Gasteiger partial charge in [0.2, 0.25) is 0 Å². The maximum atomic E-state index is 3.80. The van der Waals surface area contributed by atoms with Gasteiger partial charge in [0.1, 0.15) is 0 Å². The summed E-state index contributed by atoms with van der Waals surface area (Å²) in [7, 11) is 0. The van der Waals surface area contributed by atoms with Crippen LogP contribution in [-0.4, -0.2) is 16.4 Å². The second-order valence-corrected chi connectivity index (χ2v) is 2.62. The summed E-state index contributed by atoms with van der Waals surface area (Å²) < 4.78 is 0. The molecule has 0 fully saturated rings. The van der Waals surface area contributed by atoms with E-state index in [4.69, 9.17) is 0 Å². The molecular formula is C9H25O3Zr-. The molecule has 0 saturated carbocycles. The van der Waals surface area contributed by atoms with Crippen molar-refractivity contribution < 1.29 is 42.6 Å². The predicted molar refractivity (Wildman–Crippen MR) is 54.2 cm³/mol. The van der Waals surface area contributed by atoms with Gasteiger partial charge >= 0.3 is 0 Å². The van der Waals surface area contributed by atoms with E-state index in [0.717, 1.165) is 6.42 Å². The summed E-state index contributed by atoms with van der Waals surface area (Å²) in [5.41, 5.74) is 0. The topological polar surface area (TPSA) is 94.5 Å². The average Bonchev–Trinajstić information content (AvgIpc) is 1.89. The summed E-state index contributed by atoms with van der Waals surface area (Å²) in [6, 6.07) is 0. The molecule has 0 aromatic heterocycles. The molecule has 0 rings (SSSR count). The Balaban J connectivity index is -0.0000000533. The summed E-state index contributed by atoms with van der Waals surface area (Å²) in [4.78, 5) is 0. The third-order valence-electron chi connectivity index (χ3n) is 1.60. The molecule has 0 aliphatic carbocycles. The second kappa shape index (κ2) is 29.3. The van der Waals surface area contributed by atoms with E-state index < -0.39 is 0 Å². The standard InChI is InChI=1S/C9H19.3H2O.Zr/c1-3-5-7-9-8-6-4-2;;;;/h1,3-9H2,2H3;3*1H2;/q-1;;;;. The van der Waals surface area contributed by atoms with Crippen molar-refractivity contribution in [2.75, 3.05) is 0 Å². The van der Waals surface area contributed by atoms with E-state index in [1.54, 1.807) is 0 Å². The predicted octanol–water partition coefficient (Wildman–Crippen LogP) is 1.09. The van der Waals surface area contributed by atoms with Gasteiger partial charge in [0.05, 0.1) is 0 Å². The van der Waals surface area contributed by atoms with Gasteiger partial charge in [-0.05, 0) is 0 Å². The second-order valence-electron chi connectivity index (χ2n) is 2.62.